The van der Waals surface area contributed by atoms with Gasteiger partial charge in [-0.2, -0.15) is 0 Å². The number of nitrogens with one attached hydrogen (secondary N) is 1. The number of hydrogen-bond acceptors (Lipinski definition) is 3. The summed E-state index contributed by atoms with van der Waals surface area (Å²) in [5, 5.41) is 7.08. The molecular formula is C19H32N2O2. The number of rotatable bonds is 6. The van der Waals surface area contributed by atoms with Gasteiger partial charge in [0.15, 0.2) is 0 Å². The minimum Gasteiger partial charge on any atom is -0.396 e. The van der Waals surface area contributed by atoms with Crippen LogP contribution in [0.1, 0.15) is 64.7 Å². The summed E-state index contributed by atoms with van der Waals surface area (Å²) in [5.41, 5.74) is 1.84. The third-order valence-electron chi connectivity index (χ3n) is 5.57. The molecule has 2 aliphatic carbocycles. The number of carbonyl (C=O) groups is 1. The Morgan fingerprint density at radius 2 is 1.78 bits per heavy atom. The van der Waals surface area contributed by atoms with Crippen LogP contribution in [-0.4, -0.2) is 25.3 Å². The fraction of sp³-hybridized carbons (Fsp3) is 0.789. The van der Waals surface area contributed by atoms with Crippen molar-refractivity contribution < 1.29 is 9.63 Å². The van der Waals surface area contributed by atoms with Gasteiger partial charge in [0, 0.05) is 24.5 Å². The molecule has 2 fully saturated rings. The fourth-order valence-corrected chi connectivity index (χ4v) is 4.02. The fourth-order valence-electron chi connectivity index (χ4n) is 4.02. The average Bonchev–Trinajstić information content (AvgIpc) is 2.61. The van der Waals surface area contributed by atoms with E-state index >= 15 is 0 Å². The summed E-state index contributed by atoms with van der Waals surface area (Å²) in [4.78, 5) is 17.6. The second-order valence-electron chi connectivity index (χ2n) is 7.12. The first-order chi connectivity index (χ1) is 11.1. The van der Waals surface area contributed by atoms with Gasteiger partial charge in [-0.25, -0.2) is 0 Å². The van der Waals surface area contributed by atoms with Gasteiger partial charge in [0.05, 0.1) is 5.71 Å². The minimum atomic E-state index is -0.0382. The highest BCUT2D eigenvalue weighted by Gasteiger charge is 2.30. The van der Waals surface area contributed by atoms with Crippen LogP contribution in [0.4, 0.5) is 0 Å². The third-order valence-corrected chi connectivity index (χ3v) is 5.57. The molecule has 0 aromatic rings. The standard InChI is InChI=1S/C19H32N2O2/c1-14(19(22)20-3)18-12-8-7-11-17(18)13-23-21-15(2)16-9-5-4-6-10-16/h16-18H,1,4-13H2,2-3H3,(H,20,22). The van der Waals surface area contributed by atoms with Crippen molar-refractivity contribution in [3.8, 4) is 0 Å². The van der Waals surface area contributed by atoms with Crippen LogP contribution < -0.4 is 5.32 Å². The largest absolute Gasteiger partial charge is 0.396 e. The first kappa shape index (κ1) is 18.0. The van der Waals surface area contributed by atoms with Gasteiger partial charge in [-0.15, -0.1) is 0 Å². The molecule has 4 heteroatoms. The number of oxime groups is 1. The van der Waals surface area contributed by atoms with Crippen molar-refractivity contribution in [3.05, 3.63) is 12.2 Å². The predicted molar refractivity (Wildman–Crippen MR) is 94.3 cm³/mol. The topological polar surface area (TPSA) is 50.7 Å². The zero-order valence-corrected chi connectivity index (χ0v) is 14.8. The molecule has 130 valence electrons. The van der Waals surface area contributed by atoms with Crippen molar-refractivity contribution in [2.75, 3.05) is 13.7 Å². The summed E-state index contributed by atoms with van der Waals surface area (Å²) in [6, 6.07) is 0. The van der Waals surface area contributed by atoms with Crippen molar-refractivity contribution >= 4 is 11.6 Å². The lowest BCUT2D eigenvalue weighted by atomic mass is 9.75. The molecule has 0 bridgehead atoms. The van der Waals surface area contributed by atoms with E-state index in [1.807, 2.05) is 0 Å². The lowest BCUT2D eigenvalue weighted by molar-refractivity contribution is -0.118. The highest BCUT2D eigenvalue weighted by molar-refractivity contribution is 5.93. The average molecular weight is 320 g/mol. The number of hydrogen-bond donors (Lipinski definition) is 1. The van der Waals surface area contributed by atoms with Crippen LogP contribution in [-0.2, 0) is 9.63 Å². The molecule has 1 amide bonds. The molecule has 23 heavy (non-hydrogen) atoms. The van der Waals surface area contributed by atoms with Gasteiger partial charge in [0.1, 0.15) is 6.61 Å². The zero-order valence-electron chi connectivity index (χ0n) is 14.8. The maximum Gasteiger partial charge on any atom is 0.246 e. The van der Waals surface area contributed by atoms with Crippen LogP contribution in [0, 0.1) is 17.8 Å². The summed E-state index contributed by atoms with van der Waals surface area (Å²) in [6.45, 7) is 6.71. The van der Waals surface area contributed by atoms with Gasteiger partial charge in [0.2, 0.25) is 5.91 Å². The SMILES string of the molecule is C=C(C(=O)NC)C1CCCCC1CON=C(C)C1CCCCC1. The number of carbonyl (C=O) groups excluding carboxylic acids is 1. The Morgan fingerprint density at radius 3 is 2.48 bits per heavy atom. The van der Waals surface area contributed by atoms with Crippen molar-refractivity contribution in [1.29, 1.82) is 0 Å². The van der Waals surface area contributed by atoms with E-state index in [1.165, 1.54) is 44.9 Å². The Hall–Kier alpha value is -1.32. The van der Waals surface area contributed by atoms with E-state index < -0.39 is 0 Å². The van der Waals surface area contributed by atoms with E-state index in [9.17, 15) is 4.79 Å². The van der Waals surface area contributed by atoms with Crippen LogP contribution in [0.15, 0.2) is 17.3 Å². The van der Waals surface area contributed by atoms with Crippen LogP contribution in [0.5, 0.6) is 0 Å². The molecule has 0 radical (unpaired) electrons. The smallest absolute Gasteiger partial charge is 0.246 e. The molecule has 0 heterocycles. The molecular weight excluding hydrogens is 288 g/mol. The van der Waals surface area contributed by atoms with Gasteiger partial charge >= 0.3 is 0 Å². The summed E-state index contributed by atoms with van der Waals surface area (Å²) < 4.78 is 0. The summed E-state index contributed by atoms with van der Waals surface area (Å²) in [6.07, 6.45) is 11.0. The number of likely N-dealkylation sites (N-methyl/N-ethyl adjacent to an activating group) is 1. The monoisotopic (exact) mass is 320 g/mol. The van der Waals surface area contributed by atoms with Crippen molar-refractivity contribution in [2.45, 2.75) is 64.7 Å². The Kier molecular flexibility index (Phi) is 7.13. The van der Waals surface area contributed by atoms with Gasteiger partial charge in [-0.05, 0) is 38.5 Å². The molecule has 2 unspecified atom stereocenters. The van der Waals surface area contributed by atoms with Crippen molar-refractivity contribution in [3.63, 3.8) is 0 Å². The first-order valence-electron chi connectivity index (χ1n) is 9.20. The molecule has 0 aromatic carbocycles. The Labute approximate surface area is 140 Å². The van der Waals surface area contributed by atoms with Gasteiger partial charge in [-0.3, -0.25) is 4.79 Å². The highest BCUT2D eigenvalue weighted by Crippen LogP contribution is 2.35. The Balaban J connectivity index is 1.86. The lowest BCUT2D eigenvalue weighted by Crippen LogP contribution is -2.31. The first-order valence-corrected chi connectivity index (χ1v) is 9.20. The van der Waals surface area contributed by atoms with E-state index in [0.717, 1.165) is 18.6 Å². The maximum atomic E-state index is 11.9. The lowest BCUT2D eigenvalue weighted by Gasteiger charge is -2.31. The summed E-state index contributed by atoms with van der Waals surface area (Å²) in [5.74, 6) is 1.15. The van der Waals surface area contributed by atoms with E-state index in [0.29, 0.717) is 24.0 Å². The van der Waals surface area contributed by atoms with Crippen LogP contribution >= 0.6 is 0 Å². The minimum absolute atomic E-state index is 0.0382. The van der Waals surface area contributed by atoms with E-state index in [2.05, 4.69) is 24.0 Å². The number of nitrogens with zero attached hydrogens (tertiary/aromatic N) is 1. The van der Waals surface area contributed by atoms with Crippen LogP contribution in [0.25, 0.3) is 0 Å². The molecule has 1 N–H and O–H groups in total. The highest BCUT2D eigenvalue weighted by atomic mass is 16.6. The van der Waals surface area contributed by atoms with E-state index in [4.69, 9.17) is 4.84 Å². The van der Waals surface area contributed by atoms with Gasteiger partial charge in [-0.1, -0.05) is 43.8 Å². The number of amides is 1. The van der Waals surface area contributed by atoms with E-state index in [-0.39, 0.29) is 11.8 Å². The molecule has 4 nitrogen and oxygen atoms in total. The molecule has 0 saturated heterocycles. The molecule has 2 aliphatic rings. The second kappa shape index (κ2) is 9.09. The molecule has 2 rings (SSSR count). The van der Waals surface area contributed by atoms with Gasteiger partial charge < -0.3 is 10.2 Å². The summed E-state index contributed by atoms with van der Waals surface area (Å²) >= 11 is 0. The van der Waals surface area contributed by atoms with Gasteiger partial charge in [0.25, 0.3) is 0 Å². The normalized spacial score (nSPS) is 26.6. The van der Waals surface area contributed by atoms with Crippen molar-refractivity contribution in [1.82, 2.24) is 5.32 Å². The quantitative estimate of drug-likeness (QED) is 0.456. The Morgan fingerprint density at radius 1 is 1.13 bits per heavy atom. The molecule has 0 spiro atoms. The third kappa shape index (κ3) is 5.08. The molecule has 0 aliphatic heterocycles. The summed E-state index contributed by atoms with van der Waals surface area (Å²) in [7, 11) is 1.67. The van der Waals surface area contributed by atoms with Crippen LogP contribution in [0.3, 0.4) is 0 Å². The predicted octanol–water partition coefficient (Wildman–Crippen LogP) is 4.07. The second-order valence-corrected chi connectivity index (χ2v) is 7.12. The molecule has 0 aromatic heterocycles. The molecule has 2 saturated carbocycles. The Bertz CT molecular complexity index is 439. The zero-order chi connectivity index (χ0) is 16.7. The van der Waals surface area contributed by atoms with E-state index in [1.54, 1.807) is 7.05 Å². The van der Waals surface area contributed by atoms with Crippen molar-refractivity contribution in [2.24, 2.45) is 22.9 Å². The van der Waals surface area contributed by atoms with Crippen LogP contribution in [0.2, 0.25) is 0 Å². The molecule has 2 atom stereocenters. The maximum absolute atomic E-state index is 11.9.